The summed E-state index contributed by atoms with van der Waals surface area (Å²) >= 11 is 4.84. The lowest BCUT2D eigenvalue weighted by atomic mass is 10.0. The quantitative estimate of drug-likeness (QED) is 0.881. The lowest BCUT2D eigenvalue weighted by Crippen LogP contribution is -2.46. The third-order valence-electron chi connectivity index (χ3n) is 2.76. The van der Waals surface area contributed by atoms with E-state index in [9.17, 15) is 4.79 Å². The van der Waals surface area contributed by atoms with Gasteiger partial charge < -0.3 is 10.6 Å². The number of thiophene rings is 1. The number of carbonyl (C=O) groups excluding carboxylic acids is 1. The molecule has 0 spiro atoms. The fourth-order valence-corrected chi connectivity index (χ4v) is 3.25. The highest BCUT2D eigenvalue weighted by atomic mass is 79.9. The summed E-state index contributed by atoms with van der Waals surface area (Å²) in [5, 5.41) is 6.46. The molecule has 1 amide bonds. The first kappa shape index (κ1) is 12.1. The van der Waals surface area contributed by atoms with Gasteiger partial charge in [0.15, 0.2) is 0 Å². The SMILES string of the molecule is CC1CC(NC(=O)c2ccc(Br)s2)CCN1. The van der Waals surface area contributed by atoms with Crippen LogP contribution in [0.2, 0.25) is 0 Å². The maximum Gasteiger partial charge on any atom is 0.261 e. The second-order valence-corrected chi connectivity index (χ2v) is 6.62. The minimum atomic E-state index is 0.0507. The van der Waals surface area contributed by atoms with Crippen LogP contribution in [0.15, 0.2) is 15.9 Å². The Morgan fingerprint density at radius 3 is 3.06 bits per heavy atom. The fraction of sp³-hybridized carbons (Fsp3) is 0.545. The van der Waals surface area contributed by atoms with Gasteiger partial charge in [0, 0.05) is 12.1 Å². The standard InChI is InChI=1S/C11H15BrN2OS/c1-7-6-8(4-5-13-7)14-11(15)9-2-3-10(12)16-9/h2-3,7-8,13H,4-6H2,1H3,(H,14,15). The molecule has 2 unspecified atom stereocenters. The molecule has 1 aromatic heterocycles. The van der Waals surface area contributed by atoms with Crippen molar-refractivity contribution < 1.29 is 4.79 Å². The molecule has 0 aliphatic carbocycles. The van der Waals surface area contributed by atoms with Gasteiger partial charge >= 0.3 is 0 Å². The van der Waals surface area contributed by atoms with Gasteiger partial charge in [0.1, 0.15) is 0 Å². The van der Waals surface area contributed by atoms with Gasteiger partial charge in [0.2, 0.25) is 0 Å². The van der Waals surface area contributed by atoms with E-state index in [-0.39, 0.29) is 5.91 Å². The number of carbonyl (C=O) groups is 1. The Balaban J connectivity index is 1.92. The molecule has 0 saturated carbocycles. The zero-order valence-corrected chi connectivity index (χ0v) is 11.5. The minimum absolute atomic E-state index is 0.0507. The molecule has 1 aromatic rings. The number of rotatable bonds is 2. The Morgan fingerprint density at radius 1 is 1.62 bits per heavy atom. The summed E-state index contributed by atoms with van der Waals surface area (Å²) in [6.45, 7) is 3.14. The largest absolute Gasteiger partial charge is 0.349 e. The molecule has 2 N–H and O–H groups in total. The second kappa shape index (κ2) is 5.29. The molecule has 0 radical (unpaired) electrons. The maximum atomic E-state index is 11.9. The van der Waals surface area contributed by atoms with Crippen molar-refractivity contribution in [2.45, 2.75) is 31.8 Å². The summed E-state index contributed by atoms with van der Waals surface area (Å²) in [5.41, 5.74) is 0. The van der Waals surface area contributed by atoms with Gasteiger partial charge in [-0.1, -0.05) is 0 Å². The molecule has 2 heterocycles. The van der Waals surface area contributed by atoms with Crippen molar-refractivity contribution >= 4 is 33.2 Å². The summed E-state index contributed by atoms with van der Waals surface area (Å²) < 4.78 is 0.997. The molecule has 3 nitrogen and oxygen atoms in total. The Labute approximate surface area is 108 Å². The van der Waals surface area contributed by atoms with Gasteiger partial charge in [0.05, 0.1) is 8.66 Å². The molecule has 5 heteroatoms. The molecular formula is C11H15BrN2OS. The van der Waals surface area contributed by atoms with Gasteiger partial charge in [-0.05, 0) is 54.4 Å². The van der Waals surface area contributed by atoms with Crippen molar-refractivity contribution in [1.29, 1.82) is 0 Å². The van der Waals surface area contributed by atoms with E-state index in [0.717, 1.165) is 28.0 Å². The highest BCUT2D eigenvalue weighted by molar-refractivity contribution is 9.11. The number of hydrogen-bond donors (Lipinski definition) is 2. The van der Waals surface area contributed by atoms with Crippen LogP contribution in [0.25, 0.3) is 0 Å². The van der Waals surface area contributed by atoms with Gasteiger partial charge in [-0.3, -0.25) is 4.79 Å². The first-order valence-electron chi connectivity index (χ1n) is 5.45. The third-order valence-corrected chi connectivity index (χ3v) is 4.38. The molecule has 1 fully saturated rings. The van der Waals surface area contributed by atoms with Crippen LogP contribution in [0.5, 0.6) is 0 Å². The van der Waals surface area contributed by atoms with Gasteiger partial charge in [-0.2, -0.15) is 0 Å². The molecule has 2 rings (SSSR count). The van der Waals surface area contributed by atoms with Crippen molar-refractivity contribution in [2.24, 2.45) is 0 Å². The van der Waals surface area contributed by atoms with E-state index < -0.39 is 0 Å². The zero-order chi connectivity index (χ0) is 11.5. The highest BCUT2D eigenvalue weighted by Gasteiger charge is 2.20. The average molecular weight is 303 g/mol. The number of piperidine rings is 1. The highest BCUT2D eigenvalue weighted by Crippen LogP contribution is 2.22. The topological polar surface area (TPSA) is 41.1 Å². The molecule has 1 saturated heterocycles. The monoisotopic (exact) mass is 302 g/mol. The smallest absolute Gasteiger partial charge is 0.261 e. The number of amides is 1. The molecule has 1 aliphatic rings. The number of halogens is 1. The normalized spacial score (nSPS) is 25.4. The van der Waals surface area contributed by atoms with Crippen molar-refractivity contribution in [1.82, 2.24) is 10.6 Å². The van der Waals surface area contributed by atoms with Gasteiger partial charge in [-0.25, -0.2) is 0 Å². The lowest BCUT2D eigenvalue weighted by Gasteiger charge is -2.28. The molecule has 16 heavy (non-hydrogen) atoms. The van der Waals surface area contributed by atoms with Gasteiger partial charge in [0.25, 0.3) is 5.91 Å². The van der Waals surface area contributed by atoms with E-state index >= 15 is 0 Å². The van der Waals surface area contributed by atoms with Crippen molar-refractivity contribution in [3.63, 3.8) is 0 Å². The van der Waals surface area contributed by atoms with Crippen LogP contribution >= 0.6 is 27.3 Å². The Bertz CT molecular complexity index is 380. The van der Waals surface area contributed by atoms with Crippen LogP contribution in [0.3, 0.4) is 0 Å². The third kappa shape index (κ3) is 3.06. The fourth-order valence-electron chi connectivity index (χ4n) is 1.96. The summed E-state index contributed by atoms with van der Waals surface area (Å²) in [7, 11) is 0. The zero-order valence-electron chi connectivity index (χ0n) is 9.13. The molecule has 1 aliphatic heterocycles. The average Bonchev–Trinajstić information content (AvgIpc) is 2.65. The number of hydrogen-bond acceptors (Lipinski definition) is 3. The molecule has 88 valence electrons. The van der Waals surface area contributed by atoms with E-state index in [1.807, 2.05) is 12.1 Å². The van der Waals surface area contributed by atoms with Crippen LogP contribution in [-0.4, -0.2) is 24.5 Å². The van der Waals surface area contributed by atoms with Crippen LogP contribution in [0, 0.1) is 0 Å². The first-order chi connectivity index (χ1) is 7.65. The van der Waals surface area contributed by atoms with Crippen LogP contribution in [0.4, 0.5) is 0 Å². The van der Waals surface area contributed by atoms with Crippen molar-refractivity contribution in [3.8, 4) is 0 Å². The van der Waals surface area contributed by atoms with E-state index in [1.54, 1.807) is 0 Å². The summed E-state index contributed by atoms with van der Waals surface area (Å²) in [5.74, 6) is 0.0507. The van der Waals surface area contributed by atoms with Crippen LogP contribution in [0.1, 0.15) is 29.4 Å². The molecule has 0 bridgehead atoms. The van der Waals surface area contributed by atoms with Crippen molar-refractivity contribution in [2.75, 3.05) is 6.54 Å². The van der Waals surface area contributed by atoms with E-state index in [2.05, 4.69) is 33.5 Å². The Hall–Kier alpha value is -0.390. The number of nitrogens with one attached hydrogen (secondary N) is 2. The molecular weight excluding hydrogens is 288 g/mol. The van der Waals surface area contributed by atoms with E-state index in [0.29, 0.717) is 12.1 Å². The van der Waals surface area contributed by atoms with Gasteiger partial charge in [-0.15, -0.1) is 11.3 Å². The maximum absolute atomic E-state index is 11.9. The summed E-state index contributed by atoms with van der Waals surface area (Å²) in [6.07, 6.45) is 2.03. The van der Waals surface area contributed by atoms with Crippen LogP contribution in [-0.2, 0) is 0 Å². The summed E-state index contributed by atoms with van der Waals surface area (Å²) in [4.78, 5) is 12.7. The summed E-state index contributed by atoms with van der Waals surface area (Å²) in [6, 6.07) is 4.57. The predicted molar refractivity (Wildman–Crippen MR) is 70.0 cm³/mol. The Morgan fingerprint density at radius 2 is 2.44 bits per heavy atom. The first-order valence-corrected chi connectivity index (χ1v) is 7.05. The van der Waals surface area contributed by atoms with Crippen molar-refractivity contribution in [3.05, 3.63) is 20.8 Å². The molecule has 2 atom stereocenters. The second-order valence-electron chi connectivity index (χ2n) is 4.15. The Kier molecular flexibility index (Phi) is 4.00. The lowest BCUT2D eigenvalue weighted by molar-refractivity contribution is 0.0930. The molecule has 0 aromatic carbocycles. The minimum Gasteiger partial charge on any atom is -0.349 e. The predicted octanol–water partition coefficient (Wildman–Crippen LogP) is 2.38. The van der Waals surface area contributed by atoms with Crippen LogP contribution < -0.4 is 10.6 Å². The van der Waals surface area contributed by atoms with E-state index in [1.165, 1.54) is 11.3 Å². The van der Waals surface area contributed by atoms with E-state index in [4.69, 9.17) is 0 Å².